The van der Waals surface area contributed by atoms with E-state index in [9.17, 15) is 0 Å². The molecule has 2 heteroatoms. The highest BCUT2D eigenvalue weighted by Crippen LogP contribution is 2.24. The fraction of sp³-hybridized carbons (Fsp3) is 0.562. The highest BCUT2D eigenvalue weighted by Gasteiger charge is 2.14. The minimum atomic E-state index is 0.217. The van der Waals surface area contributed by atoms with Gasteiger partial charge < -0.3 is 5.32 Å². The van der Waals surface area contributed by atoms with Crippen LogP contribution in [-0.4, -0.2) is 13.1 Å². The molecule has 0 unspecified atom stereocenters. The van der Waals surface area contributed by atoms with E-state index in [2.05, 4.69) is 57.3 Å². The van der Waals surface area contributed by atoms with Crippen LogP contribution in [0.25, 0.3) is 0 Å². The van der Waals surface area contributed by atoms with E-state index in [1.165, 1.54) is 16.7 Å². The summed E-state index contributed by atoms with van der Waals surface area (Å²) in [6.07, 6.45) is 1.61. The number of hydrogen-bond donors (Lipinski definition) is 1. The molecule has 0 bridgehead atoms. The highest BCUT2D eigenvalue weighted by molar-refractivity contribution is 5.34. The van der Waals surface area contributed by atoms with Gasteiger partial charge in [0.05, 0.1) is 6.07 Å². The van der Waals surface area contributed by atoms with Crippen LogP contribution in [0, 0.1) is 18.3 Å². The summed E-state index contributed by atoms with van der Waals surface area (Å²) in [5.41, 5.74) is 4.37. The van der Waals surface area contributed by atoms with Crippen LogP contribution in [0.3, 0.4) is 0 Å². The first-order chi connectivity index (χ1) is 8.45. The third kappa shape index (κ3) is 4.50. The second kappa shape index (κ2) is 6.56. The molecule has 1 rings (SSSR count). The van der Waals surface area contributed by atoms with Gasteiger partial charge in [-0.05, 0) is 42.0 Å². The minimum absolute atomic E-state index is 0.217. The molecule has 2 nitrogen and oxygen atoms in total. The maximum Gasteiger partial charge on any atom is 0.0635 e. The van der Waals surface area contributed by atoms with Crippen molar-refractivity contribution in [3.63, 3.8) is 0 Å². The smallest absolute Gasteiger partial charge is 0.0635 e. The van der Waals surface area contributed by atoms with Crippen LogP contribution < -0.4 is 5.32 Å². The Balaban J connectivity index is 2.56. The van der Waals surface area contributed by atoms with Crippen LogP contribution in [0.1, 0.15) is 43.9 Å². The molecule has 0 aromatic heterocycles. The molecule has 0 saturated carbocycles. The average Bonchev–Trinajstić information content (AvgIpc) is 2.29. The van der Waals surface area contributed by atoms with Crippen LogP contribution in [0.2, 0.25) is 0 Å². The zero-order chi connectivity index (χ0) is 13.6. The predicted molar refractivity (Wildman–Crippen MR) is 76.7 cm³/mol. The number of nitriles is 1. The van der Waals surface area contributed by atoms with Gasteiger partial charge in [0.1, 0.15) is 0 Å². The number of nitrogens with zero attached hydrogens (tertiary/aromatic N) is 1. The van der Waals surface area contributed by atoms with Gasteiger partial charge in [-0.1, -0.05) is 39.0 Å². The SMILES string of the molecule is Cc1cc(C(C)(C)C)ccc1CCNCCC#N. The van der Waals surface area contributed by atoms with Crippen molar-refractivity contribution in [1.29, 1.82) is 5.26 Å². The Morgan fingerprint density at radius 2 is 1.94 bits per heavy atom. The van der Waals surface area contributed by atoms with Crippen molar-refractivity contribution in [2.45, 2.75) is 46.0 Å². The van der Waals surface area contributed by atoms with E-state index in [0.29, 0.717) is 6.42 Å². The van der Waals surface area contributed by atoms with Gasteiger partial charge in [-0.25, -0.2) is 0 Å². The van der Waals surface area contributed by atoms with Crippen molar-refractivity contribution in [2.75, 3.05) is 13.1 Å². The van der Waals surface area contributed by atoms with Crippen LogP contribution in [0.5, 0.6) is 0 Å². The first-order valence-electron chi connectivity index (χ1n) is 6.63. The van der Waals surface area contributed by atoms with Gasteiger partial charge in [-0.2, -0.15) is 5.26 Å². The van der Waals surface area contributed by atoms with E-state index >= 15 is 0 Å². The van der Waals surface area contributed by atoms with Crippen molar-refractivity contribution in [3.8, 4) is 6.07 Å². The summed E-state index contributed by atoms with van der Waals surface area (Å²) in [6.45, 7) is 10.6. The highest BCUT2D eigenvalue weighted by atomic mass is 14.8. The summed E-state index contributed by atoms with van der Waals surface area (Å²) in [4.78, 5) is 0. The summed E-state index contributed by atoms with van der Waals surface area (Å²) in [5.74, 6) is 0. The molecule has 0 radical (unpaired) electrons. The quantitative estimate of drug-likeness (QED) is 0.806. The zero-order valence-electron chi connectivity index (χ0n) is 12.0. The van der Waals surface area contributed by atoms with E-state index in [0.717, 1.165) is 19.5 Å². The van der Waals surface area contributed by atoms with Gasteiger partial charge in [-0.3, -0.25) is 0 Å². The van der Waals surface area contributed by atoms with Crippen molar-refractivity contribution in [3.05, 3.63) is 34.9 Å². The lowest BCUT2D eigenvalue weighted by molar-refractivity contribution is 0.589. The van der Waals surface area contributed by atoms with Gasteiger partial charge in [0.2, 0.25) is 0 Å². The molecule has 0 atom stereocenters. The maximum absolute atomic E-state index is 8.44. The van der Waals surface area contributed by atoms with Crippen molar-refractivity contribution < 1.29 is 0 Å². The van der Waals surface area contributed by atoms with Crippen LogP contribution in [-0.2, 0) is 11.8 Å². The molecule has 1 aromatic carbocycles. The Labute approximate surface area is 111 Å². The van der Waals surface area contributed by atoms with E-state index < -0.39 is 0 Å². The van der Waals surface area contributed by atoms with E-state index in [1.807, 2.05) is 0 Å². The standard InChI is InChI=1S/C16H24N2/c1-13-12-15(16(2,3)4)7-6-14(13)8-11-18-10-5-9-17/h6-7,12,18H,5,8,10-11H2,1-4H3. The summed E-state index contributed by atoms with van der Waals surface area (Å²) >= 11 is 0. The van der Waals surface area contributed by atoms with E-state index in [4.69, 9.17) is 5.26 Å². The Morgan fingerprint density at radius 3 is 2.50 bits per heavy atom. The van der Waals surface area contributed by atoms with Gasteiger partial charge in [0.15, 0.2) is 0 Å². The monoisotopic (exact) mass is 244 g/mol. The molecule has 0 aliphatic rings. The largest absolute Gasteiger partial charge is 0.315 e. The summed E-state index contributed by atoms with van der Waals surface area (Å²) in [5, 5.41) is 11.7. The van der Waals surface area contributed by atoms with E-state index in [-0.39, 0.29) is 5.41 Å². The topological polar surface area (TPSA) is 35.8 Å². The summed E-state index contributed by atoms with van der Waals surface area (Å²) < 4.78 is 0. The number of rotatable bonds is 5. The molecule has 0 aliphatic heterocycles. The molecule has 98 valence electrons. The summed E-state index contributed by atoms with van der Waals surface area (Å²) in [6, 6.07) is 8.91. The molecule has 1 aromatic rings. The molecule has 0 heterocycles. The Morgan fingerprint density at radius 1 is 1.22 bits per heavy atom. The molecule has 18 heavy (non-hydrogen) atoms. The number of benzene rings is 1. The van der Waals surface area contributed by atoms with Crippen molar-refractivity contribution in [2.24, 2.45) is 0 Å². The molecule has 0 spiro atoms. The number of nitrogens with one attached hydrogen (secondary N) is 1. The maximum atomic E-state index is 8.44. The molecule has 0 aliphatic carbocycles. The van der Waals surface area contributed by atoms with Gasteiger partial charge in [0, 0.05) is 13.0 Å². The van der Waals surface area contributed by atoms with Crippen molar-refractivity contribution >= 4 is 0 Å². The molecule has 0 saturated heterocycles. The number of hydrogen-bond acceptors (Lipinski definition) is 2. The molecular formula is C16H24N2. The van der Waals surface area contributed by atoms with E-state index in [1.54, 1.807) is 0 Å². The van der Waals surface area contributed by atoms with Gasteiger partial charge in [0.25, 0.3) is 0 Å². The van der Waals surface area contributed by atoms with Crippen molar-refractivity contribution in [1.82, 2.24) is 5.32 Å². The third-order valence-electron chi connectivity index (χ3n) is 3.19. The van der Waals surface area contributed by atoms with Crippen LogP contribution in [0.4, 0.5) is 0 Å². The second-order valence-electron chi connectivity index (χ2n) is 5.80. The lowest BCUT2D eigenvalue weighted by Crippen LogP contribution is -2.18. The first kappa shape index (κ1) is 14.7. The average molecular weight is 244 g/mol. The second-order valence-corrected chi connectivity index (χ2v) is 5.80. The summed E-state index contributed by atoms with van der Waals surface area (Å²) in [7, 11) is 0. The minimum Gasteiger partial charge on any atom is -0.315 e. The zero-order valence-corrected chi connectivity index (χ0v) is 12.0. The molecular weight excluding hydrogens is 220 g/mol. The van der Waals surface area contributed by atoms with Gasteiger partial charge in [-0.15, -0.1) is 0 Å². The lowest BCUT2D eigenvalue weighted by atomic mass is 9.85. The Kier molecular flexibility index (Phi) is 5.37. The lowest BCUT2D eigenvalue weighted by Gasteiger charge is -2.20. The molecule has 0 amide bonds. The Bertz CT molecular complexity index is 422. The molecule has 0 fully saturated rings. The normalized spacial score (nSPS) is 11.3. The Hall–Kier alpha value is -1.33. The fourth-order valence-electron chi connectivity index (χ4n) is 1.94. The fourth-order valence-corrected chi connectivity index (χ4v) is 1.94. The predicted octanol–water partition coefficient (Wildman–Crippen LogP) is 3.34. The van der Waals surface area contributed by atoms with Crippen LogP contribution >= 0.6 is 0 Å². The number of aryl methyl sites for hydroxylation is 1. The third-order valence-corrected chi connectivity index (χ3v) is 3.19. The first-order valence-corrected chi connectivity index (χ1v) is 6.63. The van der Waals surface area contributed by atoms with Crippen LogP contribution in [0.15, 0.2) is 18.2 Å². The molecule has 1 N–H and O–H groups in total. The van der Waals surface area contributed by atoms with Gasteiger partial charge >= 0.3 is 0 Å².